The second-order valence-corrected chi connectivity index (χ2v) is 5.38. The lowest BCUT2D eigenvalue weighted by atomic mass is 10.2. The van der Waals surface area contributed by atoms with Gasteiger partial charge in [0.25, 0.3) is 0 Å². The van der Waals surface area contributed by atoms with Crippen molar-refractivity contribution < 1.29 is 4.74 Å². The number of hydrogen-bond donors (Lipinski definition) is 1. The van der Waals surface area contributed by atoms with Gasteiger partial charge in [0.15, 0.2) is 0 Å². The molecule has 0 bridgehead atoms. The summed E-state index contributed by atoms with van der Waals surface area (Å²) in [6.07, 6.45) is 4.60. The minimum Gasteiger partial charge on any atom is -0.481 e. The summed E-state index contributed by atoms with van der Waals surface area (Å²) in [5.74, 6) is 2.01. The van der Waals surface area contributed by atoms with E-state index in [1.54, 1.807) is 7.11 Å². The van der Waals surface area contributed by atoms with Crippen molar-refractivity contribution in [2.45, 2.75) is 24.6 Å². The lowest BCUT2D eigenvalue weighted by Crippen LogP contribution is -2.22. The third-order valence-corrected chi connectivity index (χ3v) is 4.13. The van der Waals surface area contributed by atoms with E-state index in [0.29, 0.717) is 5.88 Å². The SMILES string of the molecule is COc1ccc(CNCC2CCCS2)cn1. The summed E-state index contributed by atoms with van der Waals surface area (Å²) in [5.41, 5.74) is 1.21. The molecule has 16 heavy (non-hydrogen) atoms. The number of nitrogens with one attached hydrogen (secondary N) is 1. The van der Waals surface area contributed by atoms with Gasteiger partial charge in [-0.05, 0) is 24.2 Å². The Bertz CT molecular complexity index is 309. The van der Waals surface area contributed by atoms with E-state index in [1.165, 1.54) is 24.2 Å². The van der Waals surface area contributed by atoms with Crippen LogP contribution >= 0.6 is 11.8 Å². The van der Waals surface area contributed by atoms with E-state index in [1.807, 2.05) is 12.3 Å². The highest BCUT2D eigenvalue weighted by Crippen LogP contribution is 2.25. The fourth-order valence-corrected chi connectivity index (χ4v) is 3.05. The Morgan fingerprint density at radius 3 is 3.12 bits per heavy atom. The molecule has 2 heterocycles. The van der Waals surface area contributed by atoms with Crippen molar-refractivity contribution in [1.82, 2.24) is 10.3 Å². The smallest absolute Gasteiger partial charge is 0.212 e. The molecule has 88 valence electrons. The van der Waals surface area contributed by atoms with Gasteiger partial charge in [0.1, 0.15) is 0 Å². The number of aromatic nitrogens is 1. The Morgan fingerprint density at radius 2 is 2.50 bits per heavy atom. The number of ether oxygens (including phenoxy) is 1. The van der Waals surface area contributed by atoms with Crippen LogP contribution < -0.4 is 10.1 Å². The molecule has 1 atom stereocenters. The molecule has 0 radical (unpaired) electrons. The first kappa shape index (κ1) is 11.7. The molecular weight excluding hydrogens is 220 g/mol. The van der Waals surface area contributed by atoms with Crippen LogP contribution in [0.1, 0.15) is 18.4 Å². The highest BCUT2D eigenvalue weighted by atomic mass is 32.2. The first-order chi connectivity index (χ1) is 7.88. The largest absolute Gasteiger partial charge is 0.481 e. The lowest BCUT2D eigenvalue weighted by Gasteiger charge is -2.09. The molecule has 0 amide bonds. The van der Waals surface area contributed by atoms with Crippen LogP contribution in [0.2, 0.25) is 0 Å². The average molecular weight is 238 g/mol. The fraction of sp³-hybridized carbons (Fsp3) is 0.583. The van der Waals surface area contributed by atoms with Crippen molar-refractivity contribution in [1.29, 1.82) is 0 Å². The van der Waals surface area contributed by atoms with Gasteiger partial charge in [-0.3, -0.25) is 0 Å². The Kier molecular flexibility index (Phi) is 4.48. The van der Waals surface area contributed by atoms with Gasteiger partial charge in [0.2, 0.25) is 5.88 Å². The van der Waals surface area contributed by atoms with Gasteiger partial charge in [-0.2, -0.15) is 11.8 Å². The molecule has 0 spiro atoms. The number of pyridine rings is 1. The molecule has 1 aromatic heterocycles. The van der Waals surface area contributed by atoms with Crippen LogP contribution in [0.25, 0.3) is 0 Å². The zero-order valence-corrected chi connectivity index (χ0v) is 10.4. The van der Waals surface area contributed by atoms with E-state index in [2.05, 4.69) is 28.1 Å². The fourth-order valence-electron chi connectivity index (χ4n) is 1.82. The predicted octanol–water partition coefficient (Wildman–Crippen LogP) is 2.08. The second-order valence-electron chi connectivity index (χ2n) is 3.97. The molecule has 0 aliphatic carbocycles. The zero-order chi connectivity index (χ0) is 11.2. The standard InChI is InChI=1S/C12H18N2OS/c1-15-12-5-4-10(8-14-12)7-13-9-11-3-2-6-16-11/h4-5,8,11,13H,2-3,6-7,9H2,1H3. The van der Waals surface area contributed by atoms with E-state index in [0.717, 1.165) is 18.3 Å². The van der Waals surface area contributed by atoms with Crippen molar-refractivity contribution in [2.75, 3.05) is 19.4 Å². The van der Waals surface area contributed by atoms with Crippen LogP contribution in [0, 0.1) is 0 Å². The maximum Gasteiger partial charge on any atom is 0.212 e. The van der Waals surface area contributed by atoms with Crippen LogP contribution in [-0.2, 0) is 6.54 Å². The van der Waals surface area contributed by atoms with Gasteiger partial charge >= 0.3 is 0 Å². The Morgan fingerprint density at radius 1 is 1.56 bits per heavy atom. The van der Waals surface area contributed by atoms with Gasteiger partial charge in [0.05, 0.1) is 7.11 Å². The van der Waals surface area contributed by atoms with Gasteiger partial charge in [-0.1, -0.05) is 6.07 Å². The van der Waals surface area contributed by atoms with Gasteiger partial charge in [-0.15, -0.1) is 0 Å². The molecule has 4 heteroatoms. The summed E-state index contributed by atoms with van der Waals surface area (Å²) < 4.78 is 5.02. The molecular formula is C12H18N2OS. The highest BCUT2D eigenvalue weighted by Gasteiger charge is 2.14. The number of nitrogens with zero attached hydrogens (tertiary/aromatic N) is 1. The van der Waals surface area contributed by atoms with Gasteiger partial charge in [-0.25, -0.2) is 4.98 Å². The monoisotopic (exact) mass is 238 g/mol. The van der Waals surface area contributed by atoms with Crippen LogP contribution in [0.4, 0.5) is 0 Å². The molecule has 3 nitrogen and oxygen atoms in total. The maximum atomic E-state index is 5.02. The summed E-state index contributed by atoms with van der Waals surface area (Å²) in [4.78, 5) is 4.18. The van der Waals surface area contributed by atoms with Crippen molar-refractivity contribution in [3.63, 3.8) is 0 Å². The minimum atomic E-state index is 0.676. The third kappa shape index (κ3) is 3.39. The quantitative estimate of drug-likeness (QED) is 0.851. The highest BCUT2D eigenvalue weighted by molar-refractivity contribution is 8.00. The molecule has 1 unspecified atom stereocenters. The average Bonchev–Trinajstić information content (AvgIpc) is 2.83. The Balaban J connectivity index is 1.71. The number of thioether (sulfide) groups is 1. The lowest BCUT2D eigenvalue weighted by molar-refractivity contribution is 0.397. The molecule has 1 N–H and O–H groups in total. The van der Waals surface area contributed by atoms with E-state index < -0.39 is 0 Å². The predicted molar refractivity (Wildman–Crippen MR) is 68.0 cm³/mol. The van der Waals surface area contributed by atoms with Crippen molar-refractivity contribution in [3.05, 3.63) is 23.9 Å². The summed E-state index contributed by atoms with van der Waals surface area (Å²) in [5, 5.41) is 4.29. The molecule has 1 saturated heterocycles. The summed E-state index contributed by atoms with van der Waals surface area (Å²) in [6.45, 7) is 2.00. The molecule has 1 aliphatic heterocycles. The van der Waals surface area contributed by atoms with Crippen molar-refractivity contribution in [3.8, 4) is 5.88 Å². The van der Waals surface area contributed by atoms with Gasteiger partial charge < -0.3 is 10.1 Å². The Hall–Kier alpha value is -0.740. The minimum absolute atomic E-state index is 0.676. The summed E-state index contributed by atoms with van der Waals surface area (Å²) in [6, 6.07) is 3.96. The second kappa shape index (κ2) is 6.11. The van der Waals surface area contributed by atoms with Crippen LogP contribution in [-0.4, -0.2) is 29.6 Å². The third-order valence-electron chi connectivity index (χ3n) is 2.73. The first-order valence-electron chi connectivity index (χ1n) is 5.70. The molecule has 1 aliphatic rings. The summed E-state index contributed by atoms with van der Waals surface area (Å²) >= 11 is 2.09. The normalized spacial score (nSPS) is 19.9. The van der Waals surface area contributed by atoms with Crippen molar-refractivity contribution in [2.24, 2.45) is 0 Å². The Labute approximate surface area is 101 Å². The molecule has 0 saturated carbocycles. The number of methoxy groups -OCH3 is 1. The molecule has 0 aromatic carbocycles. The van der Waals surface area contributed by atoms with Crippen LogP contribution in [0.5, 0.6) is 5.88 Å². The summed E-state index contributed by atoms with van der Waals surface area (Å²) in [7, 11) is 1.64. The topological polar surface area (TPSA) is 34.1 Å². The van der Waals surface area contributed by atoms with E-state index in [9.17, 15) is 0 Å². The van der Waals surface area contributed by atoms with E-state index in [4.69, 9.17) is 4.74 Å². The first-order valence-corrected chi connectivity index (χ1v) is 6.74. The van der Waals surface area contributed by atoms with E-state index in [-0.39, 0.29) is 0 Å². The zero-order valence-electron chi connectivity index (χ0n) is 9.61. The van der Waals surface area contributed by atoms with Crippen LogP contribution in [0.3, 0.4) is 0 Å². The molecule has 1 fully saturated rings. The van der Waals surface area contributed by atoms with Crippen LogP contribution in [0.15, 0.2) is 18.3 Å². The van der Waals surface area contributed by atoms with E-state index >= 15 is 0 Å². The maximum absolute atomic E-state index is 5.02. The number of rotatable bonds is 5. The number of hydrogen-bond acceptors (Lipinski definition) is 4. The molecule has 2 rings (SSSR count). The van der Waals surface area contributed by atoms with Crippen molar-refractivity contribution >= 4 is 11.8 Å². The molecule has 1 aromatic rings. The van der Waals surface area contributed by atoms with Gasteiger partial charge in [0, 0.05) is 30.6 Å².